The van der Waals surface area contributed by atoms with Crippen molar-refractivity contribution in [3.8, 4) is 5.75 Å². The summed E-state index contributed by atoms with van der Waals surface area (Å²) in [5.74, 6) is 1.44. The van der Waals surface area contributed by atoms with Gasteiger partial charge in [0.15, 0.2) is 5.13 Å². The van der Waals surface area contributed by atoms with Crippen LogP contribution in [-0.4, -0.2) is 45.0 Å². The van der Waals surface area contributed by atoms with E-state index in [4.69, 9.17) is 4.74 Å². The Morgan fingerprint density at radius 2 is 2.23 bits per heavy atom. The van der Waals surface area contributed by atoms with E-state index in [2.05, 4.69) is 20.6 Å². The van der Waals surface area contributed by atoms with Crippen LogP contribution in [0.25, 0.3) is 0 Å². The first-order valence-electron chi connectivity index (χ1n) is 10.4. The molecule has 30 heavy (non-hydrogen) atoms. The van der Waals surface area contributed by atoms with Crippen LogP contribution in [0.5, 0.6) is 5.75 Å². The summed E-state index contributed by atoms with van der Waals surface area (Å²) in [6, 6.07) is 10.2. The molecule has 2 aromatic heterocycles. The number of aromatic nitrogens is 4. The first-order chi connectivity index (χ1) is 14.7. The highest BCUT2D eigenvalue weighted by Crippen LogP contribution is 2.28. The average Bonchev–Trinajstić information content (AvgIpc) is 3.45. The van der Waals surface area contributed by atoms with Crippen molar-refractivity contribution in [1.82, 2.24) is 20.0 Å². The Morgan fingerprint density at radius 1 is 1.33 bits per heavy atom. The zero-order valence-electron chi connectivity index (χ0n) is 16.6. The van der Waals surface area contributed by atoms with Crippen LogP contribution in [0, 0.1) is 11.8 Å². The molecule has 6 rings (SSSR count). The maximum absolute atomic E-state index is 12.7. The van der Waals surface area contributed by atoms with Gasteiger partial charge in [0.1, 0.15) is 24.1 Å². The lowest BCUT2D eigenvalue weighted by molar-refractivity contribution is -0.945. The Hall–Kier alpha value is -2.78. The minimum atomic E-state index is 0.0690. The van der Waals surface area contributed by atoms with Crippen molar-refractivity contribution >= 4 is 22.4 Å². The molecule has 2 N–H and O–H groups in total. The fourth-order valence-electron chi connectivity index (χ4n) is 4.70. The van der Waals surface area contributed by atoms with Crippen LogP contribution in [0.15, 0.2) is 48.1 Å². The van der Waals surface area contributed by atoms with Crippen molar-refractivity contribution in [1.29, 1.82) is 0 Å². The monoisotopic (exact) mass is 425 g/mol. The first-order valence-corrected chi connectivity index (χ1v) is 11.2. The van der Waals surface area contributed by atoms with E-state index in [1.807, 2.05) is 46.6 Å². The van der Waals surface area contributed by atoms with E-state index in [1.54, 1.807) is 6.20 Å². The number of ether oxygens (including phenoxy) is 1. The number of piperidine rings is 3. The fraction of sp³-hybridized carbons (Fsp3) is 0.429. The lowest BCUT2D eigenvalue weighted by atomic mass is 9.75. The Morgan fingerprint density at radius 3 is 3.00 bits per heavy atom. The predicted molar refractivity (Wildman–Crippen MR) is 112 cm³/mol. The molecule has 4 atom stereocenters. The number of anilines is 1. The number of hydrogen-bond acceptors (Lipinski definition) is 6. The smallest absolute Gasteiger partial charge is 0.235 e. The number of fused-ring (bicyclic) bond motifs is 3. The van der Waals surface area contributed by atoms with Gasteiger partial charge in [-0.05, 0) is 18.1 Å². The van der Waals surface area contributed by atoms with E-state index in [1.165, 1.54) is 16.2 Å². The number of para-hydroxylation sites is 1. The van der Waals surface area contributed by atoms with Crippen LogP contribution in [0.4, 0.5) is 5.13 Å². The Balaban J connectivity index is 1.16. The Bertz CT molecular complexity index is 977. The van der Waals surface area contributed by atoms with Crippen LogP contribution >= 0.6 is 11.3 Å². The van der Waals surface area contributed by atoms with Crippen LogP contribution in [0.1, 0.15) is 18.5 Å². The summed E-state index contributed by atoms with van der Waals surface area (Å²) < 4.78 is 7.68. The van der Waals surface area contributed by atoms with Gasteiger partial charge in [-0.2, -0.15) is 0 Å². The quantitative estimate of drug-likeness (QED) is 0.595. The van der Waals surface area contributed by atoms with Gasteiger partial charge >= 0.3 is 0 Å². The van der Waals surface area contributed by atoms with Gasteiger partial charge in [0.25, 0.3) is 0 Å². The molecule has 5 heterocycles. The number of benzene rings is 1. The molecule has 0 spiro atoms. The molecule has 2 bridgehead atoms. The molecule has 0 saturated carbocycles. The minimum absolute atomic E-state index is 0.0690. The number of amides is 1. The number of nitrogens with one attached hydrogen (secondary N) is 2. The standard InChI is InChI=1S/C21H24N6O2S/c28-20(23-21-22-7-9-30-21)19-13-26-8-6-15(19)10-17(26)12-27-11-16(24-25-27)14-29-18-4-2-1-3-5-18/h1-5,7,9,11,15,17,19H,6,8,10,12-14H2,(H,22,23,28)/p+1/t15-,17+,19-/m0/s1. The van der Waals surface area contributed by atoms with Gasteiger partial charge in [0.05, 0.1) is 31.7 Å². The van der Waals surface area contributed by atoms with Crippen LogP contribution in [0.3, 0.4) is 0 Å². The molecule has 156 valence electrons. The highest BCUT2D eigenvalue weighted by molar-refractivity contribution is 7.13. The molecule has 1 amide bonds. The molecule has 3 saturated heterocycles. The van der Waals surface area contributed by atoms with Crippen LogP contribution < -0.4 is 15.0 Å². The van der Waals surface area contributed by atoms with E-state index in [0.717, 1.165) is 43.9 Å². The molecule has 1 aromatic carbocycles. The fourth-order valence-corrected chi connectivity index (χ4v) is 5.23. The van der Waals surface area contributed by atoms with Gasteiger partial charge in [0, 0.05) is 24.4 Å². The highest BCUT2D eigenvalue weighted by atomic mass is 32.1. The van der Waals surface area contributed by atoms with Crippen molar-refractivity contribution in [2.45, 2.75) is 32.0 Å². The van der Waals surface area contributed by atoms with E-state index in [0.29, 0.717) is 23.7 Å². The van der Waals surface area contributed by atoms with Gasteiger partial charge in [-0.3, -0.25) is 4.79 Å². The number of quaternary nitrogens is 1. The van der Waals surface area contributed by atoms with Gasteiger partial charge < -0.3 is 15.0 Å². The SMILES string of the molecule is O=C(Nc1nccs1)[C@H]1C[NH+]2CC[C@H]1C[C@@H]2Cn1cc(COc2ccccc2)nn1. The minimum Gasteiger partial charge on any atom is -0.487 e. The second kappa shape index (κ2) is 8.53. The third kappa shape index (κ3) is 4.22. The zero-order valence-corrected chi connectivity index (χ0v) is 17.4. The topological polar surface area (TPSA) is 86.4 Å². The van der Waals surface area contributed by atoms with Crippen molar-refractivity contribution in [3.63, 3.8) is 0 Å². The third-order valence-corrected chi connectivity index (χ3v) is 6.86. The number of hydrogen-bond donors (Lipinski definition) is 2. The highest BCUT2D eigenvalue weighted by Gasteiger charge is 2.46. The zero-order chi connectivity index (χ0) is 20.3. The van der Waals surface area contributed by atoms with Gasteiger partial charge in [-0.15, -0.1) is 16.4 Å². The number of nitrogens with zero attached hydrogens (tertiary/aromatic N) is 4. The average molecular weight is 426 g/mol. The van der Waals surface area contributed by atoms with Crippen molar-refractivity contribution < 1.29 is 14.4 Å². The molecule has 3 aromatic rings. The summed E-state index contributed by atoms with van der Waals surface area (Å²) in [5, 5.41) is 14.1. The second-order valence-electron chi connectivity index (χ2n) is 8.06. The van der Waals surface area contributed by atoms with Crippen LogP contribution in [-0.2, 0) is 17.9 Å². The van der Waals surface area contributed by atoms with Crippen molar-refractivity contribution in [2.75, 3.05) is 18.4 Å². The van der Waals surface area contributed by atoms with Crippen molar-refractivity contribution in [3.05, 3.63) is 53.8 Å². The molecule has 0 radical (unpaired) electrons. The number of rotatable bonds is 7. The maximum Gasteiger partial charge on any atom is 0.235 e. The molecule has 3 aliphatic rings. The molecule has 0 aliphatic carbocycles. The third-order valence-electron chi connectivity index (χ3n) is 6.17. The summed E-state index contributed by atoms with van der Waals surface area (Å²) in [7, 11) is 0. The van der Waals surface area contributed by atoms with Gasteiger partial charge in [0.2, 0.25) is 5.91 Å². The molecule has 9 heteroatoms. The second-order valence-corrected chi connectivity index (χ2v) is 8.95. The predicted octanol–water partition coefficient (Wildman–Crippen LogP) is 1.25. The molecule has 3 aliphatic heterocycles. The molecular weight excluding hydrogens is 400 g/mol. The molecule has 1 unspecified atom stereocenters. The molecule has 3 fully saturated rings. The summed E-state index contributed by atoms with van der Waals surface area (Å²) in [6.07, 6.45) is 5.84. The lowest BCUT2D eigenvalue weighted by Crippen LogP contribution is -3.20. The normalized spacial score (nSPS) is 25.2. The van der Waals surface area contributed by atoms with Crippen molar-refractivity contribution in [2.24, 2.45) is 11.8 Å². The lowest BCUT2D eigenvalue weighted by Gasteiger charge is -2.46. The summed E-state index contributed by atoms with van der Waals surface area (Å²) in [4.78, 5) is 18.4. The Labute approximate surface area is 178 Å². The Kier molecular flexibility index (Phi) is 5.46. The number of thiazole rings is 1. The van der Waals surface area contributed by atoms with E-state index < -0.39 is 0 Å². The molecular formula is C21H25N6O2S+. The maximum atomic E-state index is 12.7. The van der Waals surface area contributed by atoms with Crippen LogP contribution in [0.2, 0.25) is 0 Å². The van der Waals surface area contributed by atoms with E-state index in [9.17, 15) is 4.79 Å². The molecule has 8 nitrogen and oxygen atoms in total. The summed E-state index contributed by atoms with van der Waals surface area (Å²) >= 11 is 1.46. The largest absolute Gasteiger partial charge is 0.487 e. The van der Waals surface area contributed by atoms with Gasteiger partial charge in [-0.1, -0.05) is 23.4 Å². The van der Waals surface area contributed by atoms with Gasteiger partial charge in [-0.25, -0.2) is 9.67 Å². The summed E-state index contributed by atoms with van der Waals surface area (Å²) in [6.45, 7) is 3.23. The van der Waals surface area contributed by atoms with E-state index in [-0.39, 0.29) is 11.8 Å². The number of carbonyl (C=O) groups is 1. The summed E-state index contributed by atoms with van der Waals surface area (Å²) in [5.41, 5.74) is 0.825. The van der Waals surface area contributed by atoms with E-state index >= 15 is 0 Å². The first kappa shape index (κ1) is 19.2. The number of carbonyl (C=O) groups excluding carboxylic acids is 1.